The first-order valence-corrected chi connectivity index (χ1v) is 6.19. The third-order valence-electron chi connectivity index (χ3n) is 3.56. The molecule has 94 valence electrons. The van der Waals surface area contributed by atoms with Crippen molar-refractivity contribution in [2.45, 2.75) is 0 Å². The summed E-state index contributed by atoms with van der Waals surface area (Å²) in [6.07, 6.45) is 1.43. The number of ketones is 2. The third-order valence-corrected chi connectivity index (χ3v) is 3.56. The van der Waals surface area contributed by atoms with Crippen molar-refractivity contribution in [1.29, 1.82) is 0 Å². The Morgan fingerprint density at radius 2 is 1.40 bits per heavy atom. The van der Waals surface area contributed by atoms with Crippen molar-refractivity contribution in [3.8, 4) is 0 Å². The van der Waals surface area contributed by atoms with Gasteiger partial charge in [-0.15, -0.1) is 5.10 Å². The van der Waals surface area contributed by atoms with Gasteiger partial charge < -0.3 is 0 Å². The van der Waals surface area contributed by atoms with Gasteiger partial charge in [-0.05, 0) is 29.0 Å². The van der Waals surface area contributed by atoms with Gasteiger partial charge in [-0.25, -0.2) is 0 Å². The van der Waals surface area contributed by atoms with Crippen LogP contribution in [0.4, 0.5) is 0 Å². The minimum absolute atomic E-state index is 0.139. The second-order valence-electron chi connectivity index (χ2n) is 4.70. The number of fused-ring (bicyclic) bond motifs is 3. The fourth-order valence-electron chi connectivity index (χ4n) is 2.57. The fourth-order valence-corrected chi connectivity index (χ4v) is 2.57. The highest BCUT2D eigenvalue weighted by Gasteiger charge is 2.31. The van der Waals surface area contributed by atoms with Crippen LogP contribution in [0.15, 0.2) is 48.7 Å². The van der Waals surface area contributed by atoms with Crippen molar-refractivity contribution >= 4 is 22.3 Å². The van der Waals surface area contributed by atoms with E-state index in [4.69, 9.17) is 0 Å². The predicted octanol–water partition coefficient (Wildman–Crippen LogP) is 2.41. The largest absolute Gasteiger partial charge is 0.288 e. The Labute approximate surface area is 114 Å². The van der Waals surface area contributed by atoms with Crippen LogP contribution in [0.5, 0.6) is 0 Å². The summed E-state index contributed by atoms with van der Waals surface area (Å²) in [7, 11) is 0. The Balaban J connectivity index is 2.08. The van der Waals surface area contributed by atoms with E-state index in [-0.39, 0.29) is 17.3 Å². The fraction of sp³-hybridized carbons (Fsp3) is 0. The number of benzene rings is 2. The Hall–Kier alpha value is -2.88. The van der Waals surface area contributed by atoms with Crippen molar-refractivity contribution < 1.29 is 9.59 Å². The average Bonchev–Trinajstić information content (AvgIpc) is 2.51. The summed E-state index contributed by atoms with van der Waals surface area (Å²) in [5.41, 5.74) is 1.31. The molecule has 0 fully saturated rings. The van der Waals surface area contributed by atoms with Gasteiger partial charge in [0.1, 0.15) is 5.69 Å². The summed E-state index contributed by atoms with van der Waals surface area (Å²) in [5.74, 6) is -0.413. The molecular weight excluding hydrogens is 252 g/mol. The number of nitrogens with zero attached hydrogens (tertiary/aromatic N) is 2. The lowest BCUT2D eigenvalue weighted by Gasteiger charge is -2.16. The Kier molecular flexibility index (Phi) is 2.09. The quantitative estimate of drug-likeness (QED) is 0.487. The van der Waals surface area contributed by atoms with Gasteiger partial charge in [-0.1, -0.05) is 24.3 Å². The van der Waals surface area contributed by atoms with Crippen molar-refractivity contribution in [1.82, 2.24) is 10.2 Å². The first-order valence-electron chi connectivity index (χ1n) is 6.19. The van der Waals surface area contributed by atoms with Crippen LogP contribution in [0.25, 0.3) is 10.8 Å². The zero-order chi connectivity index (χ0) is 13.7. The van der Waals surface area contributed by atoms with E-state index < -0.39 is 0 Å². The van der Waals surface area contributed by atoms with Gasteiger partial charge in [0.05, 0.1) is 11.8 Å². The molecule has 2 aromatic carbocycles. The van der Waals surface area contributed by atoms with Crippen LogP contribution in [0.1, 0.15) is 32.0 Å². The Morgan fingerprint density at radius 1 is 0.750 bits per heavy atom. The summed E-state index contributed by atoms with van der Waals surface area (Å²) in [4.78, 5) is 24.9. The van der Waals surface area contributed by atoms with Crippen LogP contribution in [0.2, 0.25) is 0 Å². The van der Waals surface area contributed by atoms with E-state index in [1.165, 1.54) is 6.20 Å². The van der Waals surface area contributed by atoms with Crippen molar-refractivity contribution in [2.24, 2.45) is 0 Å². The molecule has 0 saturated carbocycles. The zero-order valence-corrected chi connectivity index (χ0v) is 10.3. The molecular formula is C16H8N2O2. The van der Waals surface area contributed by atoms with E-state index in [0.29, 0.717) is 16.7 Å². The smallest absolute Gasteiger partial charge is 0.214 e. The predicted molar refractivity (Wildman–Crippen MR) is 72.8 cm³/mol. The van der Waals surface area contributed by atoms with Crippen LogP contribution in [0, 0.1) is 0 Å². The van der Waals surface area contributed by atoms with E-state index in [2.05, 4.69) is 10.2 Å². The van der Waals surface area contributed by atoms with Crippen molar-refractivity contribution in [3.63, 3.8) is 0 Å². The number of hydrogen-bond donors (Lipinski definition) is 0. The van der Waals surface area contributed by atoms with Crippen LogP contribution >= 0.6 is 0 Å². The first-order chi connectivity index (χ1) is 9.75. The molecule has 0 radical (unpaired) electrons. The highest BCUT2D eigenvalue weighted by atomic mass is 16.1. The molecule has 1 aromatic heterocycles. The lowest BCUT2D eigenvalue weighted by molar-refractivity contribution is 0.0974. The topological polar surface area (TPSA) is 59.9 Å². The number of carbonyl (C=O) groups excluding carboxylic acids is 2. The minimum Gasteiger partial charge on any atom is -0.288 e. The standard InChI is InChI=1S/C16H8N2O2/c19-15-11-5-6-17-18-14(11)16(20)13-8-10-4-2-1-3-9(10)7-12(13)15/h1-8H. The SMILES string of the molecule is O=C1c2cc3ccccc3cc2C(=O)c2nnccc21. The summed E-state index contributed by atoms with van der Waals surface area (Å²) in [6, 6.07) is 12.7. The van der Waals surface area contributed by atoms with Crippen LogP contribution < -0.4 is 0 Å². The number of hydrogen-bond acceptors (Lipinski definition) is 4. The molecule has 4 rings (SSSR count). The van der Waals surface area contributed by atoms with Gasteiger partial charge in [0.2, 0.25) is 5.78 Å². The number of rotatable bonds is 0. The van der Waals surface area contributed by atoms with Crippen LogP contribution in [0.3, 0.4) is 0 Å². The second kappa shape index (κ2) is 3.81. The van der Waals surface area contributed by atoms with Gasteiger partial charge in [-0.2, -0.15) is 5.10 Å². The maximum Gasteiger partial charge on any atom is 0.214 e. The molecule has 0 spiro atoms. The lowest BCUT2D eigenvalue weighted by Crippen LogP contribution is -2.22. The Morgan fingerprint density at radius 3 is 2.10 bits per heavy atom. The first kappa shape index (κ1) is 11.0. The third kappa shape index (κ3) is 1.36. The molecule has 1 heterocycles. The minimum atomic E-state index is -0.242. The molecule has 0 aliphatic heterocycles. The summed E-state index contributed by atoms with van der Waals surface area (Å²) >= 11 is 0. The highest BCUT2D eigenvalue weighted by molar-refractivity contribution is 6.28. The van der Waals surface area contributed by atoms with E-state index in [9.17, 15) is 9.59 Å². The summed E-state index contributed by atoms with van der Waals surface area (Å²) in [5, 5.41) is 9.38. The van der Waals surface area contributed by atoms with Gasteiger partial charge >= 0.3 is 0 Å². The molecule has 0 amide bonds. The van der Waals surface area contributed by atoms with Crippen molar-refractivity contribution in [3.05, 3.63) is 71.0 Å². The molecule has 0 atom stereocenters. The van der Waals surface area contributed by atoms with E-state index in [0.717, 1.165) is 10.8 Å². The van der Waals surface area contributed by atoms with Gasteiger partial charge in [0, 0.05) is 11.1 Å². The maximum absolute atomic E-state index is 12.5. The van der Waals surface area contributed by atoms with Gasteiger partial charge in [-0.3, -0.25) is 9.59 Å². The van der Waals surface area contributed by atoms with Gasteiger partial charge in [0.15, 0.2) is 5.78 Å². The molecule has 20 heavy (non-hydrogen) atoms. The van der Waals surface area contributed by atoms with Crippen LogP contribution in [-0.2, 0) is 0 Å². The van der Waals surface area contributed by atoms with Crippen molar-refractivity contribution in [2.75, 3.05) is 0 Å². The molecule has 1 aliphatic rings. The molecule has 4 nitrogen and oxygen atoms in total. The molecule has 0 bridgehead atoms. The second-order valence-corrected chi connectivity index (χ2v) is 4.70. The Bertz CT molecular complexity index is 826. The normalized spacial score (nSPS) is 13.2. The molecule has 3 aromatic rings. The van der Waals surface area contributed by atoms with E-state index in [1.54, 1.807) is 18.2 Å². The maximum atomic E-state index is 12.5. The lowest BCUT2D eigenvalue weighted by atomic mass is 9.86. The zero-order valence-electron chi connectivity index (χ0n) is 10.3. The monoisotopic (exact) mass is 260 g/mol. The molecule has 0 unspecified atom stereocenters. The van der Waals surface area contributed by atoms with E-state index in [1.807, 2.05) is 24.3 Å². The highest BCUT2D eigenvalue weighted by Crippen LogP contribution is 2.29. The number of aromatic nitrogens is 2. The summed E-state index contributed by atoms with van der Waals surface area (Å²) < 4.78 is 0. The van der Waals surface area contributed by atoms with Gasteiger partial charge in [0.25, 0.3) is 0 Å². The van der Waals surface area contributed by atoms with E-state index >= 15 is 0 Å². The number of carbonyl (C=O) groups is 2. The molecule has 4 heteroatoms. The molecule has 0 saturated heterocycles. The summed E-state index contributed by atoms with van der Waals surface area (Å²) in [6.45, 7) is 0. The van der Waals surface area contributed by atoms with Crippen LogP contribution in [-0.4, -0.2) is 21.8 Å². The average molecular weight is 260 g/mol. The molecule has 0 N–H and O–H groups in total. The molecule has 1 aliphatic carbocycles.